The summed E-state index contributed by atoms with van der Waals surface area (Å²) in [5.41, 5.74) is 1.21. The Hall–Kier alpha value is -1.13. The molecule has 0 amide bonds. The highest BCUT2D eigenvalue weighted by Gasteiger charge is 2.11. The summed E-state index contributed by atoms with van der Waals surface area (Å²) in [4.78, 5) is 6.78. The fourth-order valence-corrected chi connectivity index (χ4v) is 2.07. The van der Waals surface area contributed by atoms with Gasteiger partial charge in [0.15, 0.2) is 0 Å². The topological polar surface area (TPSA) is 48.4 Å². The zero-order valence-electron chi connectivity index (χ0n) is 13.3. The average Bonchev–Trinajstić information content (AvgIpc) is 2.40. The van der Waals surface area contributed by atoms with Crippen molar-refractivity contribution >= 4 is 5.82 Å². The molecule has 0 bridgehead atoms. The Morgan fingerprint density at radius 1 is 1.25 bits per heavy atom. The van der Waals surface area contributed by atoms with Crippen LogP contribution in [0, 0.1) is 5.92 Å². The first kappa shape index (κ1) is 16.9. The van der Waals surface area contributed by atoms with Crippen LogP contribution >= 0.6 is 0 Å². The molecule has 0 fully saturated rings. The Morgan fingerprint density at radius 2 is 2.00 bits per heavy atom. The van der Waals surface area contributed by atoms with Crippen molar-refractivity contribution in [2.24, 2.45) is 5.92 Å². The van der Waals surface area contributed by atoms with Crippen molar-refractivity contribution in [3.63, 3.8) is 0 Å². The van der Waals surface area contributed by atoms with Crippen molar-refractivity contribution in [3.05, 3.63) is 23.9 Å². The summed E-state index contributed by atoms with van der Waals surface area (Å²) in [6.45, 7) is 11.7. The highest BCUT2D eigenvalue weighted by molar-refractivity contribution is 5.40. The zero-order chi connectivity index (χ0) is 15.0. The van der Waals surface area contributed by atoms with E-state index < -0.39 is 0 Å². The second kappa shape index (κ2) is 8.93. The molecule has 20 heavy (non-hydrogen) atoms. The molecule has 0 spiro atoms. The van der Waals surface area contributed by atoms with E-state index in [1.165, 1.54) is 5.56 Å². The lowest BCUT2D eigenvalue weighted by Gasteiger charge is -2.27. The molecule has 0 aromatic carbocycles. The third-order valence-corrected chi connectivity index (χ3v) is 3.17. The van der Waals surface area contributed by atoms with Crippen molar-refractivity contribution in [2.75, 3.05) is 24.6 Å². The molecular formula is C16H29N3O. The normalized spacial score (nSPS) is 11.3. The highest BCUT2D eigenvalue weighted by atomic mass is 16.3. The molecule has 1 heterocycles. The fourth-order valence-electron chi connectivity index (χ4n) is 2.07. The Balaban J connectivity index is 2.58. The monoisotopic (exact) mass is 279 g/mol. The Bertz CT molecular complexity index is 362. The molecule has 1 aromatic rings. The summed E-state index contributed by atoms with van der Waals surface area (Å²) in [6, 6.07) is 4.59. The van der Waals surface area contributed by atoms with E-state index in [-0.39, 0.29) is 6.61 Å². The van der Waals surface area contributed by atoms with Gasteiger partial charge in [-0.3, -0.25) is 0 Å². The summed E-state index contributed by atoms with van der Waals surface area (Å²) in [7, 11) is 0. The number of pyridine rings is 1. The standard InChI is InChI=1S/C16H29N3O/c1-13(2)10-17-11-15-6-7-16(18-12-15)19(14(3)4)8-5-9-20/h6-7,12-14,17,20H,5,8-11H2,1-4H3. The van der Waals surface area contributed by atoms with E-state index in [1.807, 2.05) is 6.20 Å². The van der Waals surface area contributed by atoms with Crippen LogP contribution in [-0.2, 0) is 6.54 Å². The number of nitrogens with zero attached hydrogens (tertiary/aromatic N) is 2. The van der Waals surface area contributed by atoms with Gasteiger partial charge in [0.2, 0.25) is 0 Å². The van der Waals surface area contributed by atoms with Crippen LogP contribution in [0.1, 0.15) is 39.7 Å². The van der Waals surface area contributed by atoms with Gasteiger partial charge in [0.25, 0.3) is 0 Å². The number of rotatable bonds is 9. The summed E-state index contributed by atoms with van der Waals surface area (Å²) in [5.74, 6) is 1.65. The van der Waals surface area contributed by atoms with Crippen LogP contribution in [0.15, 0.2) is 18.3 Å². The van der Waals surface area contributed by atoms with Crippen molar-refractivity contribution in [2.45, 2.75) is 46.7 Å². The van der Waals surface area contributed by atoms with Crippen LogP contribution in [0.2, 0.25) is 0 Å². The van der Waals surface area contributed by atoms with Gasteiger partial charge in [-0.15, -0.1) is 0 Å². The molecule has 1 aromatic heterocycles. The van der Waals surface area contributed by atoms with Crippen LogP contribution in [0.4, 0.5) is 5.82 Å². The molecule has 0 radical (unpaired) electrons. The summed E-state index contributed by atoms with van der Waals surface area (Å²) < 4.78 is 0. The summed E-state index contributed by atoms with van der Waals surface area (Å²) in [5, 5.41) is 12.4. The summed E-state index contributed by atoms with van der Waals surface area (Å²) in [6.07, 6.45) is 2.72. The Kier molecular flexibility index (Phi) is 7.55. The van der Waals surface area contributed by atoms with E-state index in [2.05, 4.69) is 55.0 Å². The molecule has 0 saturated heterocycles. The van der Waals surface area contributed by atoms with Gasteiger partial charge in [-0.2, -0.15) is 0 Å². The van der Waals surface area contributed by atoms with E-state index in [4.69, 9.17) is 5.11 Å². The fraction of sp³-hybridized carbons (Fsp3) is 0.688. The summed E-state index contributed by atoms with van der Waals surface area (Å²) >= 11 is 0. The molecular weight excluding hydrogens is 250 g/mol. The molecule has 1 rings (SSSR count). The second-order valence-corrected chi connectivity index (χ2v) is 5.91. The molecule has 114 valence electrons. The van der Waals surface area contributed by atoms with Gasteiger partial charge in [0.1, 0.15) is 5.82 Å². The number of anilines is 1. The quantitative estimate of drug-likeness (QED) is 0.729. The highest BCUT2D eigenvalue weighted by Crippen LogP contribution is 2.15. The minimum atomic E-state index is 0.223. The van der Waals surface area contributed by atoms with Crippen LogP contribution < -0.4 is 10.2 Å². The van der Waals surface area contributed by atoms with E-state index >= 15 is 0 Å². The Labute approximate surface area is 123 Å². The van der Waals surface area contributed by atoms with Crippen LogP contribution in [0.3, 0.4) is 0 Å². The van der Waals surface area contributed by atoms with Crippen LogP contribution in [-0.4, -0.2) is 35.8 Å². The van der Waals surface area contributed by atoms with Crippen LogP contribution in [0.5, 0.6) is 0 Å². The van der Waals surface area contributed by atoms with E-state index in [0.717, 1.165) is 31.9 Å². The van der Waals surface area contributed by atoms with E-state index in [9.17, 15) is 0 Å². The molecule has 4 heteroatoms. The number of aromatic nitrogens is 1. The zero-order valence-corrected chi connectivity index (χ0v) is 13.3. The third-order valence-electron chi connectivity index (χ3n) is 3.17. The molecule has 0 saturated carbocycles. The van der Waals surface area contributed by atoms with Gasteiger partial charge < -0.3 is 15.3 Å². The first-order valence-electron chi connectivity index (χ1n) is 7.57. The molecule has 0 aliphatic carbocycles. The predicted molar refractivity (Wildman–Crippen MR) is 85.0 cm³/mol. The smallest absolute Gasteiger partial charge is 0.128 e. The third kappa shape index (κ3) is 5.88. The molecule has 2 N–H and O–H groups in total. The van der Waals surface area contributed by atoms with Crippen molar-refractivity contribution < 1.29 is 5.11 Å². The first-order valence-corrected chi connectivity index (χ1v) is 7.57. The maximum atomic E-state index is 8.97. The van der Waals surface area contributed by atoms with Gasteiger partial charge in [-0.1, -0.05) is 19.9 Å². The molecule has 0 aliphatic heterocycles. The minimum Gasteiger partial charge on any atom is -0.396 e. The van der Waals surface area contributed by atoms with Crippen molar-refractivity contribution in [3.8, 4) is 0 Å². The molecule has 0 aliphatic rings. The van der Waals surface area contributed by atoms with Crippen LogP contribution in [0.25, 0.3) is 0 Å². The number of hydrogen-bond acceptors (Lipinski definition) is 4. The molecule has 0 atom stereocenters. The largest absolute Gasteiger partial charge is 0.396 e. The first-order chi connectivity index (χ1) is 9.54. The van der Waals surface area contributed by atoms with Gasteiger partial charge in [-0.05, 0) is 44.4 Å². The lowest BCUT2D eigenvalue weighted by molar-refractivity contribution is 0.288. The Morgan fingerprint density at radius 3 is 2.50 bits per heavy atom. The number of nitrogens with one attached hydrogen (secondary N) is 1. The van der Waals surface area contributed by atoms with Gasteiger partial charge >= 0.3 is 0 Å². The van der Waals surface area contributed by atoms with Gasteiger partial charge in [0, 0.05) is 31.9 Å². The maximum absolute atomic E-state index is 8.97. The van der Waals surface area contributed by atoms with Gasteiger partial charge in [-0.25, -0.2) is 4.98 Å². The van der Waals surface area contributed by atoms with E-state index in [1.54, 1.807) is 0 Å². The SMILES string of the molecule is CC(C)CNCc1ccc(N(CCCO)C(C)C)nc1. The van der Waals surface area contributed by atoms with Crippen molar-refractivity contribution in [1.29, 1.82) is 0 Å². The van der Waals surface area contributed by atoms with E-state index in [0.29, 0.717) is 12.0 Å². The number of aliphatic hydroxyl groups excluding tert-OH is 1. The number of hydrogen-bond donors (Lipinski definition) is 2. The maximum Gasteiger partial charge on any atom is 0.128 e. The average molecular weight is 279 g/mol. The minimum absolute atomic E-state index is 0.223. The molecule has 0 unspecified atom stereocenters. The predicted octanol–water partition coefficient (Wildman–Crippen LogP) is 2.42. The van der Waals surface area contributed by atoms with Gasteiger partial charge in [0.05, 0.1) is 0 Å². The molecule has 4 nitrogen and oxygen atoms in total. The lowest BCUT2D eigenvalue weighted by Crippen LogP contribution is -2.33. The van der Waals surface area contributed by atoms with Crippen molar-refractivity contribution in [1.82, 2.24) is 10.3 Å². The second-order valence-electron chi connectivity index (χ2n) is 5.91. The lowest BCUT2D eigenvalue weighted by atomic mass is 10.2. The number of aliphatic hydroxyl groups is 1.